The number of ether oxygens (including phenoxy) is 1. The number of aryl methyl sites for hydroxylation is 1. The lowest BCUT2D eigenvalue weighted by molar-refractivity contribution is 0.0600. The molecule has 3 rings (SSSR count). The Kier molecular flexibility index (Phi) is 5.86. The van der Waals surface area contributed by atoms with Crippen LogP contribution in [0, 0.1) is 6.92 Å². The number of esters is 1. The molecule has 0 saturated heterocycles. The smallest absolute Gasteiger partial charge is 0.337 e. The van der Waals surface area contributed by atoms with E-state index in [4.69, 9.17) is 11.6 Å². The molecule has 0 bridgehead atoms. The second kappa shape index (κ2) is 8.49. The largest absolute Gasteiger partial charge is 0.465 e. The number of hydrogen-bond acceptors (Lipinski definition) is 6. The maximum absolute atomic E-state index is 12.3. The van der Waals surface area contributed by atoms with E-state index in [2.05, 4.69) is 25.6 Å². The Morgan fingerprint density at radius 3 is 2.39 bits per heavy atom. The summed E-state index contributed by atoms with van der Waals surface area (Å²) in [6.07, 6.45) is 0. The molecule has 3 aromatic rings. The number of rotatable bonds is 5. The van der Waals surface area contributed by atoms with E-state index in [1.54, 1.807) is 48.5 Å². The number of carbonyl (C=O) groups excluding carboxylic acids is 2. The first kappa shape index (κ1) is 19.3. The van der Waals surface area contributed by atoms with Gasteiger partial charge in [0.2, 0.25) is 0 Å². The Bertz CT molecular complexity index is 1000. The molecule has 2 aromatic carbocycles. The van der Waals surface area contributed by atoms with E-state index in [-0.39, 0.29) is 5.69 Å². The normalized spacial score (nSPS) is 10.2. The van der Waals surface area contributed by atoms with Crippen LogP contribution in [0.25, 0.3) is 0 Å². The van der Waals surface area contributed by atoms with Crippen molar-refractivity contribution in [1.82, 2.24) is 10.2 Å². The SMILES string of the molecule is COC(=O)c1ccc(NC(=O)c2ccc(Nc3cc(Cl)ccc3C)nn2)cc1. The summed E-state index contributed by atoms with van der Waals surface area (Å²) < 4.78 is 4.64. The van der Waals surface area contributed by atoms with Crippen molar-refractivity contribution in [2.45, 2.75) is 6.92 Å². The van der Waals surface area contributed by atoms with Crippen molar-refractivity contribution in [3.05, 3.63) is 76.4 Å². The minimum Gasteiger partial charge on any atom is -0.465 e. The highest BCUT2D eigenvalue weighted by Gasteiger charge is 2.11. The van der Waals surface area contributed by atoms with Crippen LogP contribution < -0.4 is 10.6 Å². The molecule has 1 aromatic heterocycles. The molecule has 0 saturated carbocycles. The average molecular weight is 397 g/mol. The number of hydrogen-bond donors (Lipinski definition) is 2. The third-order valence-corrected chi connectivity index (χ3v) is 4.16. The van der Waals surface area contributed by atoms with Gasteiger partial charge in [0.15, 0.2) is 11.5 Å². The Balaban J connectivity index is 1.66. The molecule has 0 aliphatic carbocycles. The molecule has 0 atom stereocenters. The predicted molar refractivity (Wildman–Crippen MR) is 107 cm³/mol. The number of methoxy groups -OCH3 is 1. The van der Waals surface area contributed by atoms with Crippen molar-refractivity contribution in [3.8, 4) is 0 Å². The van der Waals surface area contributed by atoms with Gasteiger partial charge in [0.1, 0.15) is 0 Å². The van der Waals surface area contributed by atoms with Gasteiger partial charge in [-0.1, -0.05) is 17.7 Å². The summed E-state index contributed by atoms with van der Waals surface area (Å²) in [4.78, 5) is 23.7. The van der Waals surface area contributed by atoms with E-state index in [1.807, 2.05) is 13.0 Å². The lowest BCUT2D eigenvalue weighted by Crippen LogP contribution is -2.14. The highest BCUT2D eigenvalue weighted by Crippen LogP contribution is 2.23. The number of halogens is 1. The number of nitrogens with zero attached hydrogens (tertiary/aromatic N) is 2. The molecule has 1 heterocycles. The van der Waals surface area contributed by atoms with E-state index >= 15 is 0 Å². The first-order chi connectivity index (χ1) is 13.5. The standard InChI is InChI=1S/C20H17ClN4O3/c1-12-3-6-14(21)11-17(12)23-18-10-9-16(24-25-18)19(26)22-15-7-4-13(5-8-15)20(27)28-2/h3-11H,1-2H3,(H,22,26)(H,23,25). The van der Waals surface area contributed by atoms with Crippen molar-refractivity contribution >= 4 is 40.7 Å². The quantitative estimate of drug-likeness (QED) is 0.627. The number of amides is 1. The highest BCUT2D eigenvalue weighted by atomic mass is 35.5. The summed E-state index contributed by atoms with van der Waals surface area (Å²) in [6.45, 7) is 1.94. The number of anilines is 3. The minimum absolute atomic E-state index is 0.158. The van der Waals surface area contributed by atoms with Gasteiger partial charge in [-0.25, -0.2) is 4.79 Å². The van der Waals surface area contributed by atoms with Crippen LogP contribution in [0.5, 0.6) is 0 Å². The molecule has 0 aliphatic rings. The second-order valence-electron chi connectivity index (χ2n) is 5.91. The summed E-state index contributed by atoms with van der Waals surface area (Å²) in [5, 5.41) is 14.4. The molecule has 7 nitrogen and oxygen atoms in total. The first-order valence-electron chi connectivity index (χ1n) is 8.33. The molecular formula is C20H17ClN4O3. The topological polar surface area (TPSA) is 93.2 Å². The van der Waals surface area contributed by atoms with Crippen molar-refractivity contribution in [1.29, 1.82) is 0 Å². The van der Waals surface area contributed by atoms with Crippen LogP contribution in [-0.4, -0.2) is 29.2 Å². The Morgan fingerprint density at radius 1 is 1.00 bits per heavy atom. The van der Waals surface area contributed by atoms with Gasteiger partial charge in [0, 0.05) is 16.4 Å². The van der Waals surface area contributed by atoms with Crippen LogP contribution in [0.1, 0.15) is 26.4 Å². The maximum atomic E-state index is 12.3. The molecule has 0 unspecified atom stereocenters. The summed E-state index contributed by atoms with van der Waals surface area (Å²) in [5.74, 6) is -0.366. The zero-order valence-electron chi connectivity index (χ0n) is 15.2. The van der Waals surface area contributed by atoms with Crippen LogP contribution in [0.3, 0.4) is 0 Å². The molecule has 0 fully saturated rings. The number of carbonyl (C=O) groups is 2. The maximum Gasteiger partial charge on any atom is 0.337 e. The Hall–Kier alpha value is -3.45. The average Bonchev–Trinajstić information content (AvgIpc) is 2.71. The van der Waals surface area contributed by atoms with Gasteiger partial charge in [0.05, 0.1) is 12.7 Å². The van der Waals surface area contributed by atoms with Crippen LogP contribution in [0.2, 0.25) is 5.02 Å². The fourth-order valence-corrected chi connectivity index (χ4v) is 2.56. The fraction of sp³-hybridized carbons (Fsp3) is 0.100. The molecule has 2 N–H and O–H groups in total. The van der Waals surface area contributed by atoms with Gasteiger partial charge >= 0.3 is 5.97 Å². The lowest BCUT2D eigenvalue weighted by atomic mass is 10.2. The summed E-state index contributed by atoms with van der Waals surface area (Å²) in [6, 6.07) is 15.0. The molecule has 8 heteroatoms. The van der Waals surface area contributed by atoms with Gasteiger partial charge < -0.3 is 15.4 Å². The molecule has 0 aliphatic heterocycles. The van der Waals surface area contributed by atoms with Crippen LogP contribution in [0.15, 0.2) is 54.6 Å². The summed E-state index contributed by atoms with van der Waals surface area (Å²) in [7, 11) is 1.31. The third-order valence-electron chi connectivity index (χ3n) is 3.92. The highest BCUT2D eigenvalue weighted by molar-refractivity contribution is 6.30. The van der Waals surface area contributed by atoms with Crippen molar-refractivity contribution in [2.24, 2.45) is 0 Å². The second-order valence-corrected chi connectivity index (χ2v) is 6.35. The van der Waals surface area contributed by atoms with E-state index in [0.29, 0.717) is 22.1 Å². The van der Waals surface area contributed by atoms with E-state index in [9.17, 15) is 9.59 Å². The van der Waals surface area contributed by atoms with Gasteiger partial charge in [-0.2, -0.15) is 0 Å². The summed E-state index contributed by atoms with van der Waals surface area (Å²) >= 11 is 6.01. The minimum atomic E-state index is -0.443. The monoisotopic (exact) mass is 396 g/mol. The zero-order valence-corrected chi connectivity index (χ0v) is 15.9. The molecule has 0 spiro atoms. The zero-order chi connectivity index (χ0) is 20.1. The van der Waals surface area contributed by atoms with E-state index < -0.39 is 11.9 Å². The number of benzene rings is 2. The number of nitrogens with one attached hydrogen (secondary N) is 2. The van der Waals surface area contributed by atoms with E-state index in [0.717, 1.165) is 11.3 Å². The van der Waals surface area contributed by atoms with Crippen LogP contribution >= 0.6 is 11.6 Å². The van der Waals surface area contributed by atoms with Crippen molar-refractivity contribution in [2.75, 3.05) is 17.7 Å². The van der Waals surface area contributed by atoms with Gasteiger partial charge in [-0.15, -0.1) is 10.2 Å². The molecule has 28 heavy (non-hydrogen) atoms. The van der Waals surface area contributed by atoms with Crippen molar-refractivity contribution in [3.63, 3.8) is 0 Å². The lowest BCUT2D eigenvalue weighted by Gasteiger charge is -2.09. The Morgan fingerprint density at radius 2 is 1.75 bits per heavy atom. The predicted octanol–water partition coefficient (Wildman–Crippen LogP) is 4.22. The molecular weight excluding hydrogens is 380 g/mol. The van der Waals surface area contributed by atoms with Gasteiger partial charge in [-0.05, 0) is 61.0 Å². The van der Waals surface area contributed by atoms with E-state index in [1.165, 1.54) is 7.11 Å². The number of aromatic nitrogens is 2. The third kappa shape index (κ3) is 4.63. The summed E-state index contributed by atoms with van der Waals surface area (Å²) in [5.41, 5.74) is 2.89. The Labute approximate surface area is 166 Å². The van der Waals surface area contributed by atoms with Crippen LogP contribution in [-0.2, 0) is 4.74 Å². The molecule has 0 radical (unpaired) electrons. The van der Waals surface area contributed by atoms with Gasteiger partial charge in [0.25, 0.3) is 5.91 Å². The van der Waals surface area contributed by atoms with Crippen molar-refractivity contribution < 1.29 is 14.3 Å². The first-order valence-corrected chi connectivity index (χ1v) is 8.70. The molecule has 142 valence electrons. The van der Waals surface area contributed by atoms with Gasteiger partial charge in [-0.3, -0.25) is 4.79 Å². The fourth-order valence-electron chi connectivity index (χ4n) is 2.39. The van der Waals surface area contributed by atoms with Crippen LogP contribution in [0.4, 0.5) is 17.2 Å². The molecule has 1 amide bonds.